The molecular formula is C11H16BrN3. The lowest BCUT2D eigenvalue weighted by molar-refractivity contribution is 0.278. The molecule has 2 rings (SSSR count). The molecule has 4 heteroatoms. The number of halogens is 1. The van der Waals surface area contributed by atoms with E-state index >= 15 is 0 Å². The molecule has 0 N–H and O–H groups in total. The molecule has 15 heavy (non-hydrogen) atoms. The summed E-state index contributed by atoms with van der Waals surface area (Å²) in [5.41, 5.74) is 0.478. The van der Waals surface area contributed by atoms with Crippen LogP contribution in [-0.4, -0.2) is 23.1 Å². The van der Waals surface area contributed by atoms with Gasteiger partial charge in [0.05, 0.1) is 4.47 Å². The van der Waals surface area contributed by atoms with Crippen LogP contribution >= 0.6 is 15.9 Å². The molecule has 0 aromatic carbocycles. The van der Waals surface area contributed by atoms with Crippen molar-refractivity contribution >= 4 is 21.9 Å². The molecule has 0 amide bonds. The van der Waals surface area contributed by atoms with E-state index in [4.69, 9.17) is 0 Å². The predicted octanol–water partition coefficient (Wildman–Crippen LogP) is 2.87. The topological polar surface area (TPSA) is 29.0 Å². The van der Waals surface area contributed by atoms with Gasteiger partial charge in [0.15, 0.2) is 0 Å². The lowest BCUT2D eigenvalue weighted by atomic mass is 9.83. The zero-order valence-corrected chi connectivity index (χ0v) is 10.8. The van der Waals surface area contributed by atoms with Crippen molar-refractivity contribution in [3.8, 4) is 0 Å². The first kappa shape index (κ1) is 10.9. The number of hydrogen-bond donors (Lipinski definition) is 0. The fourth-order valence-corrected chi connectivity index (χ4v) is 1.99. The average Bonchev–Trinajstić information content (AvgIpc) is 2.20. The van der Waals surface area contributed by atoms with Crippen molar-refractivity contribution in [2.75, 3.05) is 18.0 Å². The summed E-state index contributed by atoms with van der Waals surface area (Å²) in [6, 6.07) is 0. The smallest absolute Gasteiger partial charge is 0.225 e. The molecule has 0 aliphatic carbocycles. The zero-order valence-electron chi connectivity index (χ0n) is 9.20. The summed E-state index contributed by atoms with van der Waals surface area (Å²) in [7, 11) is 0. The Hall–Kier alpha value is -0.640. The molecule has 82 valence electrons. The third-order valence-electron chi connectivity index (χ3n) is 3.01. The highest BCUT2D eigenvalue weighted by Crippen LogP contribution is 2.30. The second kappa shape index (κ2) is 4.08. The largest absolute Gasteiger partial charge is 0.341 e. The van der Waals surface area contributed by atoms with Crippen LogP contribution in [0.15, 0.2) is 16.9 Å². The van der Waals surface area contributed by atoms with E-state index in [1.165, 1.54) is 12.8 Å². The first-order chi connectivity index (χ1) is 7.07. The molecule has 3 nitrogen and oxygen atoms in total. The SMILES string of the molecule is CC1(C)CCN(c2ncc(Br)cn2)CC1. The summed E-state index contributed by atoms with van der Waals surface area (Å²) >= 11 is 3.34. The van der Waals surface area contributed by atoms with Gasteiger partial charge in [0.25, 0.3) is 0 Å². The van der Waals surface area contributed by atoms with Crippen molar-refractivity contribution in [3.05, 3.63) is 16.9 Å². The van der Waals surface area contributed by atoms with E-state index in [2.05, 4.69) is 44.6 Å². The maximum Gasteiger partial charge on any atom is 0.225 e. The molecule has 0 bridgehead atoms. The summed E-state index contributed by atoms with van der Waals surface area (Å²) in [5.74, 6) is 0.855. The van der Waals surface area contributed by atoms with Crippen LogP contribution in [0.4, 0.5) is 5.95 Å². The summed E-state index contributed by atoms with van der Waals surface area (Å²) in [5, 5.41) is 0. The van der Waals surface area contributed by atoms with Crippen LogP contribution in [0.25, 0.3) is 0 Å². The highest BCUT2D eigenvalue weighted by Gasteiger charge is 2.26. The minimum Gasteiger partial charge on any atom is -0.341 e. The predicted molar refractivity (Wildman–Crippen MR) is 65.0 cm³/mol. The quantitative estimate of drug-likeness (QED) is 0.785. The minimum atomic E-state index is 0.478. The molecule has 1 aliphatic heterocycles. The Balaban J connectivity index is 2.04. The highest BCUT2D eigenvalue weighted by atomic mass is 79.9. The van der Waals surface area contributed by atoms with Gasteiger partial charge in [0.2, 0.25) is 5.95 Å². The summed E-state index contributed by atoms with van der Waals surface area (Å²) < 4.78 is 0.934. The molecule has 1 aliphatic rings. The first-order valence-electron chi connectivity index (χ1n) is 5.29. The molecule has 0 radical (unpaired) electrons. The zero-order chi connectivity index (χ0) is 10.9. The van der Waals surface area contributed by atoms with E-state index in [0.29, 0.717) is 5.41 Å². The van der Waals surface area contributed by atoms with Gasteiger partial charge in [0.1, 0.15) is 0 Å². The second-order valence-electron chi connectivity index (χ2n) is 4.85. The van der Waals surface area contributed by atoms with Crippen molar-refractivity contribution in [1.29, 1.82) is 0 Å². The number of aromatic nitrogens is 2. The van der Waals surface area contributed by atoms with E-state index in [1.807, 2.05) is 12.4 Å². The Labute approximate surface area is 99.0 Å². The molecule has 1 aromatic heterocycles. The standard InChI is InChI=1S/C11H16BrN3/c1-11(2)3-5-15(6-4-11)10-13-7-9(12)8-14-10/h7-8H,3-6H2,1-2H3. The van der Waals surface area contributed by atoms with Gasteiger partial charge in [-0.1, -0.05) is 13.8 Å². The van der Waals surface area contributed by atoms with Crippen molar-refractivity contribution in [2.45, 2.75) is 26.7 Å². The number of hydrogen-bond acceptors (Lipinski definition) is 3. The van der Waals surface area contributed by atoms with Crippen LogP contribution < -0.4 is 4.90 Å². The van der Waals surface area contributed by atoms with Gasteiger partial charge in [-0.05, 0) is 34.2 Å². The maximum atomic E-state index is 4.32. The van der Waals surface area contributed by atoms with Gasteiger partial charge in [-0.2, -0.15) is 0 Å². The van der Waals surface area contributed by atoms with Gasteiger partial charge in [-0.25, -0.2) is 9.97 Å². The first-order valence-corrected chi connectivity index (χ1v) is 6.09. The third-order valence-corrected chi connectivity index (χ3v) is 3.42. The number of anilines is 1. The normalized spacial score (nSPS) is 20.3. The van der Waals surface area contributed by atoms with Gasteiger partial charge in [0, 0.05) is 25.5 Å². The molecular weight excluding hydrogens is 254 g/mol. The number of rotatable bonds is 1. The minimum absolute atomic E-state index is 0.478. The fourth-order valence-electron chi connectivity index (χ4n) is 1.78. The van der Waals surface area contributed by atoms with Gasteiger partial charge >= 0.3 is 0 Å². The van der Waals surface area contributed by atoms with Crippen molar-refractivity contribution in [2.24, 2.45) is 5.41 Å². The molecule has 0 unspecified atom stereocenters. The van der Waals surface area contributed by atoms with Crippen molar-refractivity contribution in [1.82, 2.24) is 9.97 Å². The van der Waals surface area contributed by atoms with E-state index in [-0.39, 0.29) is 0 Å². The average molecular weight is 270 g/mol. The molecule has 1 aromatic rings. The lowest BCUT2D eigenvalue weighted by Crippen LogP contribution is -2.38. The molecule has 2 heterocycles. The summed E-state index contributed by atoms with van der Waals surface area (Å²) in [4.78, 5) is 10.9. The van der Waals surface area contributed by atoms with Crippen molar-refractivity contribution < 1.29 is 0 Å². The molecule has 0 atom stereocenters. The van der Waals surface area contributed by atoms with Crippen molar-refractivity contribution in [3.63, 3.8) is 0 Å². The maximum absolute atomic E-state index is 4.32. The molecule has 1 fully saturated rings. The Morgan fingerprint density at radius 2 is 1.73 bits per heavy atom. The fraction of sp³-hybridized carbons (Fsp3) is 0.636. The van der Waals surface area contributed by atoms with E-state index < -0.39 is 0 Å². The number of piperidine rings is 1. The van der Waals surface area contributed by atoms with E-state index in [0.717, 1.165) is 23.5 Å². The van der Waals surface area contributed by atoms with E-state index in [1.54, 1.807) is 0 Å². The van der Waals surface area contributed by atoms with Gasteiger partial charge < -0.3 is 4.90 Å². The Morgan fingerprint density at radius 3 is 2.27 bits per heavy atom. The van der Waals surface area contributed by atoms with Crippen LogP contribution in [-0.2, 0) is 0 Å². The van der Waals surface area contributed by atoms with Crippen LogP contribution in [0.2, 0.25) is 0 Å². The van der Waals surface area contributed by atoms with Crippen LogP contribution in [0.5, 0.6) is 0 Å². The summed E-state index contributed by atoms with van der Waals surface area (Å²) in [6.07, 6.45) is 6.04. The monoisotopic (exact) mass is 269 g/mol. The van der Waals surface area contributed by atoms with Crippen LogP contribution in [0.1, 0.15) is 26.7 Å². The van der Waals surface area contributed by atoms with Crippen LogP contribution in [0.3, 0.4) is 0 Å². The van der Waals surface area contributed by atoms with Gasteiger partial charge in [-0.15, -0.1) is 0 Å². The molecule has 1 saturated heterocycles. The number of nitrogens with zero attached hydrogens (tertiary/aromatic N) is 3. The Kier molecular flexibility index (Phi) is 2.96. The Morgan fingerprint density at radius 1 is 1.20 bits per heavy atom. The lowest BCUT2D eigenvalue weighted by Gasteiger charge is -2.36. The summed E-state index contributed by atoms with van der Waals surface area (Å²) in [6.45, 7) is 6.78. The Bertz CT molecular complexity index is 324. The van der Waals surface area contributed by atoms with Crippen LogP contribution in [0, 0.1) is 5.41 Å². The third kappa shape index (κ3) is 2.68. The van der Waals surface area contributed by atoms with Gasteiger partial charge in [-0.3, -0.25) is 0 Å². The second-order valence-corrected chi connectivity index (χ2v) is 5.77. The molecule has 0 saturated carbocycles. The van der Waals surface area contributed by atoms with E-state index in [9.17, 15) is 0 Å². The molecule has 0 spiro atoms. The highest BCUT2D eigenvalue weighted by molar-refractivity contribution is 9.10.